The van der Waals surface area contributed by atoms with Gasteiger partial charge in [-0.15, -0.1) is 11.3 Å². The maximum absolute atomic E-state index is 8.79. The van der Waals surface area contributed by atoms with Crippen molar-refractivity contribution < 1.29 is 9.15 Å². The summed E-state index contributed by atoms with van der Waals surface area (Å²) in [4.78, 5) is 11.3. The molecule has 2 aromatic heterocycles. The molecule has 1 N–H and O–H groups in total. The molecule has 2 fully saturated rings. The second kappa shape index (κ2) is 6.27. The SMILES string of the molecule is N#CCOc1cc(-c2nccs2)c2oc(N3CC4CCC(C3)N4)nc2c1. The number of hydrogen-bond donors (Lipinski definition) is 1. The smallest absolute Gasteiger partial charge is 0.298 e. The van der Waals surface area contributed by atoms with Gasteiger partial charge in [-0.05, 0) is 18.9 Å². The Morgan fingerprint density at radius 1 is 1.35 bits per heavy atom. The van der Waals surface area contributed by atoms with Crippen molar-refractivity contribution in [2.24, 2.45) is 0 Å². The van der Waals surface area contributed by atoms with Gasteiger partial charge >= 0.3 is 0 Å². The van der Waals surface area contributed by atoms with Crippen molar-refractivity contribution in [2.75, 3.05) is 24.6 Å². The van der Waals surface area contributed by atoms with Crippen molar-refractivity contribution in [3.63, 3.8) is 0 Å². The highest BCUT2D eigenvalue weighted by Crippen LogP contribution is 2.37. The first kappa shape index (κ1) is 15.6. The van der Waals surface area contributed by atoms with Gasteiger partial charge in [-0.2, -0.15) is 10.2 Å². The van der Waals surface area contributed by atoms with E-state index in [1.54, 1.807) is 6.20 Å². The van der Waals surface area contributed by atoms with E-state index in [2.05, 4.69) is 15.2 Å². The van der Waals surface area contributed by atoms with Crippen molar-refractivity contribution in [3.8, 4) is 22.4 Å². The number of piperazine rings is 1. The largest absolute Gasteiger partial charge is 0.479 e. The van der Waals surface area contributed by atoms with Crippen LogP contribution in [-0.4, -0.2) is 41.7 Å². The molecule has 5 rings (SSSR count). The molecular weight excluding hydrogens is 350 g/mol. The number of nitriles is 1. The lowest BCUT2D eigenvalue weighted by atomic mass is 10.2. The summed E-state index contributed by atoms with van der Waals surface area (Å²) >= 11 is 1.54. The molecule has 2 atom stereocenters. The fourth-order valence-corrected chi connectivity index (χ4v) is 4.45. The predicted molar refractivity (Wildman–Crippen MR) is 98.4 cm³/mol. The number of nitrogens with one attached hydrogen (secondary N) is 1. The molecule has 2 saturated heterocycles. The summed E-state index contributed by atoms with van der Waals surface area (Å²) in [6, 6.07) is 7.36. The van der Waals surface area contributed by atoms with Crippen molar-refractivity contribution in [2.45, 2.75) is 24.9 Å². The third kappa shape index (κ3) is 2.69. The van der Waals surface area contributed by atoms with Gasteiger partial charge < -0.3 is 19.4 Å². The zero-order valence-corrected chi connectivity index (χ0v) is 14.8. The molecule has 0 spiro atoms. The summed E-state index contributed by atoms with van der Waals surface area (Å²) in [6.07, 6.45) is 4.18. The van der Waals surface area contributed by atoms with E-state index in [9.17, 15) is 0 Å². The van der Waals surface area contributed by atoms with Crippen LogP contribution in [0, 0.1) is 11.3 Å². The molecule has 8 heteroatoms. The Bertz CT molecular complexity index is 966. The Balaban J connectivity index is 1.58. The maximum Gasteiger partial charge on any atom is 0.298 e. The zero-order chi connectivity index (χ0) is 17.5. The van der Waals surface area contributed by atoms with Gasteiger partial charge in [0, 0.05) is 42.8 Å². The molecule has 3 aromatic rings. The first-order valence-electron chi connectivity index (χ1n) is 8.65. The molecule has 0 radical (unpaired) electrons. The summed E-state index contributed by atoms with van der Waals surface area (Å²) in [6.45, 7) is 1.82. The molecule has 1 aromatic carbocycles. The molecule has 2 aliphatic rings. The number of benzene rings is 1. The van der Waals surface area contributed by atoms with Crippen LogP contribution in [0.5, 0.6) is 5.75 Å². The predicted octanol–water partition coefficient (Wildman–Crippen LogP) is 2.79. The number of aromatic nitrogens is 2. The third-order valence-corrected chi connectivity index (χ3v) is 5.71. The number of nitrogens with zero attached hydrogens (tertiary/aromatic N) is 4. The Morgan fingerprint density at radius 2 is 2.19 bits per heavy atom. The summed E-state index contributed by atoms with van der Waals surface area (Å²) in [5.41, 5.74) is 2.29. The molecule has 4 heterocycles. The van der Waals surface area contributed by atoms with Crippen LogP contribution >= 0.6 is 11.3 Å². The van der Waals surface area contributed by atoms with Gasteiger partial charge in [0.15, 0.2) is 12.2 Å². The van der Waals surface area contributed by atoms with E-state index in [1.165, 1.54) is 24.2 Å². The molecule has 2 unspecified atom stereocenters. The molecule has 0 aliphatic carbocycles. The van der Waals surface area contributed by atoms with Crippen LogP contribution in [0.4, 0.5) is 6.01 Å². The molecule has 132 valence electrons. The summed E-state index contributed by atoms with van der Waals surface area (Å²) in [5.74, 6) is 0.601. The summed E-state index contributed by atoms with van der Waals surface area (Å²) in [7, 11) is 0. The van der Waals surface area contributed by atoms with E-state index in [4.69, 9.17) is 19.4 Å². The number of thiazole rings is 1. The molecule has 26 heavy (non-hydrogen) atoms. The van der Waals surface area contributed by atoms with Gasteiger partial charge in [0.05, 0.1) is 5.56 Å². The highest BCUT2D eigenvalue weighted by molar-refractivity contribution is 7.13. The highest BCUT2D eigenvalue weighted by atomic mass is 32.1. The van der Waals surface area contributed by atoms with Crippen molar-refractivity contribution in [3.05, 3.63) is 23.7 Å². The molecular formula is C18H17N5O2S. The number of ether oxygens (including phenoxy) is 1. The molecule has 0 saturated carbocycles. The van der Waals surface area contributed by atoms with Gasteiger partial charge in [0.1, 0.15) is 22.3 Å². The van der Waals surface area contributed by atoms with Crippen LogP contribution in [0.1, 0.15) is 12.8 Å². The zero-order valence-electron chi connectivity index (χ0n) is 14.0. The maximum atomic E-state index is 8.79. The fourth-order valence-electron chi connectivity index (χ4n) is 3.80. The summed E-state index contributed by atoms with van der Waals surface area (Å²) < 4.78 is 11.7. The number of oxazole rings is 1. The summed E-state index contributed by atoms with van der Waals surface area (Å²) in [5, 5.41) is 15.2. The van der Waals surface area contributed by atoms with Gasteiger partial charge in [0.25, 0.3) is 6.01 Å². The minimum Gasteiger partial charge on any atom is -0.479 e. The first-order valence-corrected chi connectivity index (χ1v) is 9.53. The standard InChI is InChI=1S/C18H17N5O2S/c19-3-5-24-13-7-14(17-20-4-6-26-17)16-15(8-13)22-18(25-16)23-9-11-1-2-12(10-23)21-11/h4,6-8,11-12,21H,1-2,5,9-10H2. The van der Waals surface area contributed by atoms with Gasteiger partial charge in [-0.1, -0.05) is 0 Å². The lowest BCUT2D eigenvalue weighted by Crippen LogP contribution is -2.51. The number of fused-ring (bicyclic) bond motifs is 3. The van der Waals surface area contributed by atoms with Gasteiger partial charge in [0.2, 0.25) is 0 Å². The van der Waals surface area contributed by atoms with Gasteiger partial charge in [-0.25, -0.2) is 4.98 Å². The van der Waals surface area contributed by atoms with Crippen molar-refractivity contribution in [1.29, 1.82) is 5.26 Å². The van der Waals surface area contributed by atoms with Crippen LogP contribution in [0.3, 0.4) is 0 Å². The van der Waals surface area contributed by atoms with Gasteiger partial charge in [-0.3, -0.25) is 0 Å². The average Bonchev–Trinajstić information content (AvgIpc) is 3.39. The second-order valence-corrected chi connectivity index (χ2v) is 7.54. The highest BCUT2D eigenvalue weighted by Gasteiger charge is 2.34. The van der Waals surface area contributed by atoms with Crippen molar-refractivity contribution >= 4 is 28.5 Å². The second-order valence-electron chi connectivity index (χ2n) is 6.64. The molecule has 7 nitrogen and oxygen atoms in total. The van der Waals surface area contributed by atoms with E-state index < -0.39 is 0 Å². The van der Waals surface area contributed by atoms with Crippen LogP contribution in [0.25, 0.3) is 21.7 Å². The fraction of sp³-hybridized carbons (Fsp3) is 0.389. The Hall–Kier alpha value is -2.63. The molecule has 2 bridgehead atoms. The Labute approximate surface area is 154 Å². The quantitative estimate of drug-likeness (QED) is 0.758. The Morgan fingerprint density at radius 3 is 2.92 bits per heavy atom. The number of anilines is 1. The van der Waals surface area contributed by atoms with E-state index in [0.29, 0.717) is 29.4 Å². The number of rotatable bonds is 4. The van der Waals surface area contributed by atoms with E-state index >= 15 is 0 Å². The van der Waals surface area contributed by atoms with E-state index in [0.717, 1.165) is 29.2 Å². The van der Waals surface area contributed by atoms with Crippen LogP contribution in [0.15, 0.2) is 28.1 Å². The van der Waals surface area contributed by atoms with Crippen LogP contribution < -0.4 is 15.0 Å². The van der Waals surface area contributed by atoms with E-state index in [1.807, 2.05) is 23.6 Å². The Kier molecular flexibility index (Phi) is 3.76. The minimum atomic E-state index is -0.00528. The van der Waals surface area contributed by atoms with Crippen molar-refractivity contribution in [1.82, 2.24) is 15.3 Å². The lowest BCUT2D eigenvalue weighted by Gasteiger charge is -2.31. The van der Waals surface area contributed by atoms with Crippen LogP contribution in [0.2, 0.25) is 0 Å². The number of hydrogen-bond acceptors (Lipinski definition) is 8. The first-order chi connectivity index (χ1) is 12.8. The minimum absolute atomic E-state index is 0.00528. The van der Waals surface area contributed by atoms with E-state index in [-0.39, 0.29) is 6.61 Å². The van der Waals surface area contributed by atoms with Crippen LogP contribution in [-0.2, 0) is 0 Å². The average molecular weight is 367 g/mol. The lowest BCUT2D eigenvalue weighted by molar-refractivity contribution is 0.368. The topological polar surface area (TPSA) is 87.2 Å². The third-order valence-electron chi connectivity index (χ3n) is 4.91. The normalized spacial score (nSPS) is 21.9. The molecule has 2 aliphatic heterocycles. The monoisotopic (exact) mass is 367 g/mol. The molecule has 0 amide bonds.